The number of ether oxygens (including phenoxy) is 2. The fourth-order valence-electron chi connectivity index (χ4n) is 1.65. The molecule has 0 saturated carbocycles. The van der Waals surface area contributed by atoms with Crippen molar-refractivity contribution in [2.24, 2.45) is 0 Å². The van der Waals surface area contributed by atoms with E-state index in [4.69, 9.17) is 26.3 Å². The second-order valence-electron chi connectivity index (χ2n) is 4.01. The van der Waals surface area contributed by atoms with Crippen LogP contribution in [0.2, 0.25) is 5.02 Å². The van der Waals surface area contributed by atoms with Gasteiger partial charge in [0, 0.05) is 14.2 Å². The Kier molecular flexibility index (Phi) is 5.92. The summed E-state index contributed by atoms with van der Waals surface area (Å²) in [5.74, 6) is 0. The smallest absolute Gasteiger partial charge is 0.242 e. The molecular weight excluding hydrogens is 304 g/mol. The van der Waals surface area contributed by atoms with Gasteiger partial charge in [-0.25, -0.2) is 13.1 Å². The average molecular weight is 319 g/mol. The predicted molar refractivity (Wildman–Crippen MR) is 73.8 cm³/mol. The van der Waals surface area contributed by atoms with Gasteiger partial charge in [-0.3, -0.25) is 0 Å². The first-order chi connectivity index (χ1) is 9.35. The van der Waals surface area contributed by atoms with Gasteiger partial charge in [0.2, 0.25) is 10.0 Å². The lowest BCUT2D eigenvalue weighted by Crippen LogP contribution is -2.42. The van der Waals surface area contributed by atoms with Gasteiger partial charge in [-0.15, -0.1) is 0 Å². The molecule has 0 aliphatic rings. The molecular formula is C12H15ClN2O4S. The van der Waals surface area contributed by atoms with Crippen LogP contribution in [0.25, 0.3) is 0 Å². The molecule has 1 N–H and O–H groups in total. The molecule has 0 saturated heterocycles. The molecule has 110 valence electrons. The van der Waals surface area contributed by atoms with Crippen LogP contribution in [-0.2, 0) is 19.5 Å². The van der Waals surface area contributed by atoms with Crippen molar-refractivity contribution in [3.05, 3.63) is 28.8 Å². The zero-order chi connectivity index (χ0) is 15.3. The lowest BCUT2D eigenvalue weighted by atomic mass is 10.2. The molecule has 1 atom stereocenters. The number of sulfonamides is 1. The minimum absolute atomic E-state index is 0.0371. The van der Waals surface area contributed by atoms with Gasteiger partial charge in [0.05, 0.1) is 22.7 Å². The van der Waals surface area contributed by atoms with Crippen molar-refractivity contribution in [2.75, 3.05) is 14.2 Å². The summed E-state index contributed by atoms with van der Waals surface area (Å²) in [6.07, 6.45) is -0.734. The van der Waals surface area contributed by atoms with Crippen LogP contribution in [0.5, 0.6) is 0 Å². The van der Waals surface area contributed by atoms with Crippen LogP contribution < -0.4 is 4.72 Å². The quantitative estimate of drug-likeness (QED) is 0.803. The first-order valence-corrected chi connectivity index (χ1v) is 7.49. The number of rotatable bonds is 6. The number of nitrogens with zero attached hydrogens (tertiary/aromatic N) is 1. The van der Waals surface area contributed by atoms with Crippen molar-refractivity contribution >= 4 is 21.6 Å². The number of hydrogen-bond donors (Lipinski definition) is 1. The Balaban J connectivity index is 3.09. The van der Waals surface area contributed by atoms with Crippen molar-refractivity contribution in [3.63, 3.8) is 0 Å². The molecule has 0 aliphatic heterocycles. The van der Waals surface area contributed by atoms with Crippen LogP contribution in [0.15, 0.2) is 23.1 Å². The summed E-state index contributed by atoms with van der Waals surface area (Å²) in [6.45, 7) is 1.59. The van der Waals surface area contributed by atoms with Gasteiger partial charge in [-0.2, -0.15) is 5.26 Å². The molecule has 0 radical (unpaired) electrons. The van der Waals surface area contributed by atoms with Crippen molar-refractivity contribution in [3.8, 4) is 6.07 Å². The number of hydrogen-bond acceptors (Lipinski definition) is 5. The van der Waals surface area contributed by atoms with Crippen LogP contribution in [0.1, 0.15) is 12.5 Å². The highest BCUT2D eigenvalue weighted by Gasteiger charge is 2.25. The van der Waals surface area contributed by atoms with Crippen molar-refractivity contribution < 1.29 is 17.9 Å². The van der Waals surface area contributed by atoms with Gasteiger partial charge in [-0.1, -0.05) is 11.6 Å². The van der Waals surface area contributed by atoms with E-state index in [2.05, 4.69) is 4.72 Å². The summed E-state index contributed by atoms with van der Waals surface area (Å²) >= 11 is 5.88. The molecule has 0 fully saturated rings. The molecule has 1 aromatic carbocycles. The summed E-state index contributed by atoms with van der Waals surface area (Å²) in [6, 6.07) is 5.26. The molecule has 6 nitrogen and oxygen atoms in total. The third-order valence-corrected chi connectivity index (χ3v) is 4.60. The van der Waals surface area contributed by atoms with Crippen LogP contribution >= 0.6 is 11.6 Å². The zero-order valence-corrected chi connectivity index (χ0v) is 12.8. The lowest BCUT2D eigenvalue weighted by Gasteiger charge is -2.22. The van der Waals surface area contributed by atoms with Crippen LogP contribution in [-0.4, -0.2) is 35.0 Å². The van der Waals surface area contributed by atoms with Gasteiger partial charge in [0.25, 0.3) is 0 Å². The molecule has 1 rings (SSSR count). The van der Waals surface area contributed by atoms with Crippen LogP contribution in [0.3, 0.4) is 0 Å². The van der Waals surface area contributed by atoms with Gasteiger partial charge in [0.1, 0.15) is 4.90 Å². The SMILES string of the molecule is COC(OC)C(C)NS(=O)(=O)c1cc(C#N)ccc1Cl. The monoisotopic (exact) mass is 318 g/mol. The van der Waals surface area contributed by atoms with Crippen LogP contribution in [0, 0.1) is 11.3 Å². The standard InChI is InChI=1S/C12H15ClN2O4S/c1-8(12(18-2)19-3)15-20(16,17)11-6-9(7-14)4-5-10(11)13/h4-6,8,12,15H,1-3H3. The molecule has 0 heterocycles. The maximum atomic E-state index is 12.3. The second kappa shape index (κ2) is 7.02. The van der Waals surface area contributed by atoms with Gasteiger partial charge in [0.15, 0.2) is 6.29 Å². The van der Waals surface area contributed by atoms with E-state index in [0.29, 0.717) is 0 Å². The Bertz CT molecular complexity index is 608. The summed E-state index contributed by atoms with van der Waals surface area (Å²) in [4.78, 5) is -0.156. The minimum atomic E-state index is -3.88. The van der Waals surface area contributed by atoms with E-state index in [1.807, 2.05) is 6.07 Å². The van der Waals surface area contributed by atoms with E-state index in [1.54, 1.807) is 6.92 Å². The summed E-state index contributed by atoms with van der Waals surface area (Å²) in [5, 5.41) is 8.85. The molecule has 0 spiro atoms. The predicted octanol–water partition coefficient (Wildman–Crippen LogP) is 1.50. The number of halogens is 1. The van der Waals surface area contributed by atoms with E-state index in [1.165, 1.54) is 32.4 Å². The van der Waals surface area contributed by atoms with Gasteiger partial charge >= 0.3 is 0 Å². The second-order valence-corrected chi connectivity index (χ2v) is 6.10. The summed E-state index contributed by atoms with van der Waals surface area (Å²) in [7, 11) is -1.07. The Morgan fingerprint density at radius 1 is 1.35 bits per heavy atom. The highest BCUT2D eigenvalue weighted by molar-refractivity contribution is 7.89. The van der Waals surface area contributed by atoms with E-state index < -0.39 is 22.4 Å². The normalized spacial score (nSPS) is 13.2. The van der Waals surface area contributed by atoms with E-state index >= 15 is 0 Å². The lowest BCUT2D eigenvalue weighted by molar-refractivity contribution is -0.115. The fourth-order valence-corrected chi connectivity index (χ4v) is 3.40. The minimum Gasteiger partial charge on any atom is -0.354 e. The van der Waals surface area contributed by atoms with Gasteiger partial charge < -0.3 is 9.47 Å². The summed E-state index contributed by atoms with van der Waals surface area (Å²) < 4.78 is 36.9. The first-order valence-electron chi connectivity index (χ1n) is 5.63. The molecule has 20 heavy (non-hydrogen) atoms. The average Bonchev–Trinajstić information content (AvgIpc) is 2.39. The Morgan fingerprint density at radius 3 is 2.45 bits per heavy atom. The molecule has 8 heteroatoms. The van der Waals surface area contributed by atoms with E-state index in [9.17, 15) is 8.42 Å². The van der Waals surface area contributed by atoms with Crippen molar-refractivity contribution in [1.82, 2.24) is 4.72 Å². The topological polar surface area (TPSA) is 88.4 Å². The maximum Gasteiger partial charge on any atom is 0.242 e. The van der Waals surface area contributed by atoms with Crippen molar-refractivity contribution in [2.45, 2.75) is 24.2 Å². The molecule has 0 amide bonds. The molecule has 0 bridgehead atoms. The fraction of sp³-hybridized carbons (Fsp3) is 0.417. The number of nitriles is 1. The largest absolute Gasteiger partial charge is 0.354 e. The number of methoxy groups -OCH3 is 2. The van der Waals surface area contributed by atoms with E-state index in [-0.39, 0.29) is 15.5 Å². The highest BCUT2D eigenvalue weighted by atomic mass is 35.5. The maximum absolute atomic E-state index is 12.3. The molecule has 1 aromatic rings. The van der Waals surface area contributed by atoms with E-state index in [0.717, 1.165) is 0 Å². The number of benzene rings is 1. The third-order valence-electron chi connectivity index (χ3n) is 2.56. The van der Waals surface area contributed by atoms with Crippen molar-refractivity contribution in [1.29, 1.82) is 5.26 Å². The first kappa shape index (κ1) is 16.9. The Morgan fingerprint density at radius 2 is 1.95 bits per heavy atom. The Hall–Kier alpha value is -1.17. The molecule has 0 aliphatic carbocycles. The van der Waals surface area contributed by atoms with Crippen LogP contribution in [0.4, 0.5) is 0 Å². The summed E-state index contributed by atoms with van der Waals surface area (Å²) in [5.41, 5.74) is 0.206. The molecule has 1 unspecified atom stereocenters. The zero-order valence-electron chi connectivity index (χ0n) is 11.3. The molecule has 0 aromatic heterocycles. The highest BCUT2D eigenvalue weighted by Crippen LogP contribution is 2.23. The Labute approximate surface area is 123 Å². The third kappa shape index (κ3) is 3.91. The van der Waals surface area contributed by atoms with Gasteiger partial charge in [-0.05, 0) is 25.1 Å². The number of nitrogens with one attached hydrogen (secondary N) is 1.